The summed E-state index contributed by atoms with van der Waals surface area (Å²) in [7, 11) is 0. The van der Waals surface area contributed by atoms with Crippen LogP contribution >= 0.6 is 22.7 Å². The Morgan fingerprint density at radius 3 is 3.03 bits per heavy atom. The molecule has 0 spiro atoms. The predicted octanol–water partition coefficient (Wildman–Crippen LogP) is 1.98. The van der Waals surface area contributed by atoms with E-state index in [2.05, 4.69) is 20.5 Å². The van der Waals surface area contributed by atoms with Gasteiger partial charge in [-0.3, -0.25) is 19.5 Å². The van der Waals surface area contributed by atoms with Crippen LogP contribution < -0.4 is 10.9 Å². The van der Waals surface area contributed by atoms with Gasteiger partial charge in [-0.15, -0.1) is 21.5 Å². The summed E-state index contributed by atoms with van der Waals surface area (Å²) in [6, 6.07) is 0. The summed E-state index contributed by atoms with van der Waals surface area (Å²) in [5, 5.41) is 13.4. The van der Waals surface area contributed by atoms with Gasteiger partial charge in [0.25, 0.3) is 5.56 Å². The third-order valence-corrected chi connectivity index (χ3v) is 6.08. The molecule has 4 heterocycles. The second-order valence-electron chi connectivity index (χ2n) is 6.22. The Morgan fingerprint density at radius 2 is 2.28 bits per heavy atom. The second kappa shape index (κ2) is 8.35. The Morgan fingerprint density at radius 1 is 1.41 bits per heavy atom. The Kier molecular flexibility index (Phi) is 5.65. The minimum atomic E-state index is -0.588. The van der Waals surface area contributed by atoms with Gasteiger partial charge in [0.05, 0.1) is 23.9 Å². The number of hydrogen-bond acceptors (Lipinski definition) is 10. The standard InChI is InChI=1S/C17H17N5O5S2/c1-2-26-16(25)9-7-28-14-12(9)15(24)22(8-18-14)6-11(23)19-17-21-20-13(29-17)10-4-3-5-27-10/h7-8,10H,2-6H2,1H3,(H,19,21,23). The van der Waals surface area contributed by atoms with Gasteiger partial charge in [0.15, 0.2) is 0 Å². The third kappa shape index (κ3) is 4.04. The molecule has 10 nitrogen and oxygen atoms in total. The lowest BCUT2D eigenvalue weighted by molar-refractivity contribution is -0.116. The number of thiophene rings is 1. The van der Waals surface area contributed by atoms with Crippen LogP contribution in [-0.4, -0.2) is 44.8 Å². The van der Waals surface area contributed by atoms with Crippen LogP contribution in [0.5, 0.6) is 0 Å². The molecule has 1 N–H and O–H groups in total. The zero-order valence-electron chi connectivity index (χ0n) is 15.4. The molecule has 1 aliphatic heterocycles. The topological polar surface area (TPSA) is 125 Å². The van der Waals surface area contributed by atoms with Crippen molar-refractivity contribution in [3.8, 4) is 0 Å². The second-order valence-corrected chi connectivity index (χ2v) is 8.09. The molecule has 1 aliphatic rings. The van der Waals surface area contributed by atoms with Crippen molar-refractivity contribution >= 4 is 49.9 Å². The molecule has 1 fully saturated rings. The number of anilines is 1. The Bertz CT molecular complexity index is 1120. The van der Waals surface area contributed by atoms with E-state index < -0.39 is 17.4 Å². The molecule has 0 radical (unpaired) electrons. The van der Waals surface area contributed by atoms with Crippen LogP contribution in [0.2, 0.25) is 0 Å². The number of rotatable bonds is 6. The summed E-state index contributed by atoms with van der Waals surface area (Å²) in [6.07, 6.45) is 3.06. The largest absolute Gasteiger partial charge is 0.462 e. The number of aromatic nitrogens is 4. The highest BCUT2D eigenvalue weighted by molar-refractivity contribution is 7.17. The molecule has 0 bridgehead atoms. The van der Waals surface area contributed by atoms with E-state index in [9.17, 15) is 14.4 Å². The van der Waals surface area contributed by atoms with E-state index in [4.69, 9.17) is 9.47 Å². The van der Waals surface area contributed by atoms with Gasteiger partial charge in [-0.05, 0) is 19.8 Å². The lowest BCUT2D eigenvalue weighted by Gasteiger charge is -2.06. The van der Waals surface area contributed by atoms with Crippen LogP contribution in [-0.2, 0) is 20.8 Å². The molecule has 3 aromatic heterocycles. The van der Waals surface area contributed by atoms with Crippen LogP contribution in [0.15, 0.2) is 16.5 Å². The first-order valence-electron chi connectivity index (χ1n) is 8.95. The van der Waals surface area contributed by atoms with Gasteiger partial charge in [-0.2, -0.15) is 0 Å². The molecule has 1 unspecified atom stereocenters. The Labute approximate surface area is 172 Å². The van der Waals surface area contributed by atoms with Gasteiger partial charge in [0.1, 0.15) is 22.5 Å². The van der Waals surface area contributed by atoms with Gasteiger partial charge in [-0.25, -0.2) is 9.78 Å². The number of nitrogens with one attached hydrogen (secondary N) is 1. The van der Waals surface area contributed by atoms with Crippen molar-refractivity contribution in [1.82, 2.24) is 19.7 Å². The summed E-state index contributed by atoms with van der Waals surface area (Å²) in [6.45, 7) is 2.31. The zero-order valence-corrected chi connectivity index (χ0v) is 17.0. The molecule has 4 rings (SSSR count). The van der Waals surface area contributed by atoms with E-state index >= 15 is 0 Å². The summed E-state index contributed by atoms with van der Waals surface area (Å²) in [5.74, 6) is -1.04. The monoisotopic (exact) mass is 435 g/mol. The lowest BCUT2D eigenvalue weighted by Crippen LogP contribution is -2.28. The molecular formula is C17H17N5O5S2. The molecule has 1 saturated heterocycles. The molecule has 0 aromatic carbocycles. The molecule has 1 atom stereocenters. The first kappa shape index (κ1) is 19.6. The van der Waals surface area contributed by atoms with E-state index in [1.165, 1.54) is 34.4 Å². The fourth-order valence-electron chi connectivity index (χ4n) is 2.94. The van der Waals surface area contributed by atoms with Crippen LogP contribution in [0.4, 0.5) is 5.13 Å². The highest BCUT2D eigenvalue weighted by Crippen LogP contribution is 2.31. The van der Waals surface area contributed by atoms with E-state index in [1.807, 2.05) is 0 Å². The molecule has 12 heteroatoms. The number of esters is 1. The molecule has 1 amide bonds. The Hall–Kier alpha value is -2.70. The minimum absolute atomic E-state index is 0.0766. The van der Waals surface area contributed by atoms with E-state index in [0.717, 1.165) is 22.4 Å². The average Bonchev–Trinajstić information content (AvgIpc) is 3.44. The molecule has 29 heavy (non-hydrogen) atoms. The maximum absolute atomic E-state index is 12.8. The van der Waals surface area contributed by atoms with E-state index in [-0.39, 0.29) is 30.2 Å². The summed E-state index contributed by atoms with van der Waals surface area (Å²) in [5.41, 5.74) is -0.323. The molecule has 152 valence electrons. The summed E-state index contributed by atoms with van der Waals surface area (Å²) < 4.78 is 11.7. The number of fused-ring (bicyclic) bond motifs is 1. The van der Waals surface area contributed by atoms with Crippen molar-refractivity contribution in [1.29, 1.82) is 0 Å². The molecular weight excluding hydrogens is 418 g/mol. The van der Waals surface area contributed by atoms with Crippen molar-refractivity contribution in [2.24, 2.45) is 0 Å². The first-order valence-corrected chi connectivity index (χ1v) is 10.6. The number of carbonyl (C=O) groups is 2. The van der Waals surface area contributed by atoms with E-state index in [0.29, 0.717) is 16.6 Å². The van der Waals surface area contributed by atoms with Crippen molar-refractivity contribution in [2.45, 2.75) is 32.4 Å². The van der Waals surface area contributed by atoms with Gasteiger partial charge >= 0.3 is 5.97 Å². The smallest absolute Gasteiger partial charge is 0.339 e. The summed E-state index contributed by atoms with van der Waals surface area (Å²) >= 11 is 2.42. The normalized spacial score (nSPS) is 16.2. The van der Waals surface area contributed by atoms with Gasteiger partial charge in [0, 0.05) is 12.0 Å². The van der Waals surface area contributed by atoms with Crippen molar-refractivity contribution in [3.05, 3.63) is 32.6 Å². The number of carbonyl (C=O) groups excluding carboxylic acids is 2. The van der Waals surface area contributed by atoms with Gasteiger partial charge in [0.2, 0.25) is 11.0 Å². The third-order valence-electron chi connectivity index (χ3n) is 4.26. The van der Waals surface area contributed by atoms with Crippen molar-refractivity contribution in [3.63, 3.8) is 0 Å². The fraction of sp³-hybridized carbons (Fsp3) is 0.412. The molecule has 3 aromatic rings. The van der Waals surface area contributed by atoms with Crippen LogP contribution in [0, 0.1) is 0 Å². The minimum Gasteiger partial charge on any atom is -0.462 e. The van der Waals surface area contributed by atoms with Gasteiger partial charge < -0.3 is 9.47 Å². The predicted molar refractivity (Wildman–Crippen MR) is 106 cm³/mol. The number of nitrogens with zero attached hydrogens (tertiary/aromatic N) is 4. The average molecular weight is 435 g/mol. The summed E-state index contributed by atoms with van der Waals surface area (Å²) in [4.78, 5) is 41.8. The number of hydrogen-bond donors (Lipinski definition) is 1. The quantitative estimate of drug-likeness (QED) is 0.583. The number of amides is 1. The van der Waals surface area contributed by atoms with Crippen LogP contribution in [0.1, 0.15) is 41.2 Å². The molecule has 0 saturated carbocycles. The highest BCUT2D eigenvalue weighted by atomic mass is 32.1. The zero-order chi connectivity index (χ0) is 20.4. The van der Waals surface area contributed by atoms with E-state index in [1.54, 1.807) is 6.92 Å². The highest BCUT2D eigenvalue weighted by Gasteiger charge is 2.23. The molecule has 0 aliphatic carbocycles. The van der Waals surface area contributed by atoms with Crippen LogP contribution in [0.3, 0.4) is 0 Å². The maximum Gasteiger partial charge on any atom is 0.339 e. The SMILES string of the molecule is CCOC(=O)c1csc2ncn(CC(=O)Nc3nnc(C4CCCO4)s3)c(=O)c12. The number of ether oxygens (including phenoxy) is 2. The fourth-order valence-corrected chi connectivity index (χ4v) is 4.65. The maximum atomic E-state index is 12.8. The lowest BCUT2D eigenvalue weighted by atomic mass is 10.2. The van der Waals surface area contributed by atoms with Crippen molar-refractivity contribution in [2.75, 3.05) is 18.5 Å². The van der Waals surface area contributed by atoms with Crippen molar-refractivity contribution < 1.29 is 19.1 Å². The van der Waals surface area contributed by atoms with Gasteiger partial charge in [-0.1, -0.05) is 11.3 Å². The Balaban J connectivity index is 1.51. The van der Waals surface area contributed by atoms with Crippen LogP contribution in [0.25, 0.3) is 10.2 Å². The first-order chi connectivity index (χ1) is 14.1.